The Bertz CT molecular complexity index is 1540. The fourth-order valence-electron chi connectivity index (χ4n) is 3.70. The molecule has 12 heteroatoms. The van der Waals surface area contributed by atoms with Gasteiger partial charge < -0.3 is 8.97 Å². The molecule has 0 bridgehead atoms. The van der Waals surface area contributed by atoms with E-state index in [1.807, 2.05) is 18.2 Å². The highest BCUT2D eigenvalue weighted by molar-refractivity contribution is 7.80. The molecule has 0 aliphatic rings. The summed E-state index contributed by atoms with van der Waals surface area (Å²) in [5.74, 6) is -0.0937. The summed E-state index contributed by atoms with van der Waals surface area (Å²) < 4.78 is 38.3. The normalized spacial score (nSPS) is 10.9. The zero-order valence-electron chi connectivity index (χ0n) is 19.9. The fourth-order valence-corrected chi connectivity index (χ4v) is 3.83. The van der Waals surface area contributed by atoms with Gasteiger partial charge in [0.1, 0.15) is 23.9 Å². The number of nitro groups is 1. The predicted molar refractivity (Wildman–Crippen MR) is 134 cm³/mol. The van der Waals surface area contributed by atoms with Gasteiger partial charge in [0.25, 0.3) is 5.69 Å². The van der Waals surface area contributed by atoms with E-state index in [-0.39, 0.29) is 28.4 Å². The average Bonchev–Trinajstić information content (AvgIpc) is 3.40. The van der Waals surface area contributed by atoms with Gasteiger partial charge in [-0.2, -0.15) is 4.57 Å². The number of hydrogen-bond donors (Lipinski definition) is 0. The van der Waals surface area contributed by atoms with Gasteiger partial charge in [-0.15, -0.1) is 0 Å². The van der Waals surface area contributed by atoms with Crippen LogP contribution in [-0.2, 0) is 21.6 Å². The first-order valence-corrected chi connectivity index (χ1v) is 12.3. The predicted octanol–water partition coefficient (Wildman–Crippen LogP) is 4.63. The van der Waals surface area contributed by atoms with Crippen molar-refractivity contribution < 1.29 is 35.9 Å². The summed E-state index contributed by atoms with van der Waals surface area (Å²) in [6.07, 6.45) is 1.43. The second kappa shape index (κ2) is 11.4. The van der Waals surface area contributed by atoms with Crippen LogP contribution in [-0.4, -0.2) is 30.8 Å². The van der Waals surface area contributed by atoms with E-state index in [2.05, 4.69) is 4.18 Å². The third kappa shape index (κ3) is 6.27. The standard InChI is InChI=1S/C24H18ClN2O4.CH4O4S/c1-15-20(24(28)17-10-12-18(25)13-11-17)21(19-9-6-14-31-19)23(27(29)30)22(26(15)2)16-7-4-3-5-8-16;1-5-6(2,3)4/h3-14H,1-2H3;1H3,(H,2,3,4)/q+1;/p-1. The van der Waals surface area contributed by atoms with Crippen molar-refractivity contribution in [3.8, 4) is 22.6 Å². The lowest BCUT2D eigenvalue weighted by atomic mass is 9.92. The van der Waals surface area contributed by atoms with Gasteiger partial charge in [0.05, 0.1) is 23.9 Å². The van der Waals surface area contributed by atoms with Crippen LogP contribution in [0, 0.1) is 17.0 Å². The quantitative estimate of drug-likeness (QED) is 0.0853. The number of ketones is 1. The van der Waals surface area contributed by atoms with Gasteiger partial charge in [0, 0.05) is 17.5 Å². The molecule has 2 aromatic heterocycles. The van der Waals surface area contributed by atoms with Crippen molar-refractivity contribution in [1.29, 1.82) is 0 Å². The highest BCUT2D eigenvalue weighted by atomic mass is 35.5. The Morgan fingerprint density at radius 2 is 1.65 bits per heavy atom. The zero-order valence-corrected chi connectivity index (χ0v) is 21.4. The maximum absolute atomic E-state index is 13.5. The van der Waals surface area contributed by atoms with Crippen LogP contribution in [0.25, 0.3) is 22.6 Å². The van der Waals surface area contributed by atoms with Gasteiger partial charge >= 0.3 is 5.69 Å². The zero-order chi connectivity index (χ0) is 27.3. The molecule has 0 radical (unpaired) electrons. The molecule has 10 nitrogen and oxygen atoms in total. The topological polar surface area (TPSA) is 144 Å². The Labute approximate surface area is 217 Å². The molecular weight excluding hydrogens is 524 g/mol. The molecule has 37 heavy (non-hydrogen) atoms. The Hall–Kier alpha value is -3.90. The smallest absolute Gasteiger partial charge is 0.352 e. The highest BCUT2D eigenvalue weighted by Gasteiger charge is 2.39. The molecular formula is C25H21ClN2O8S. The molecule has 0 unspecified atom stereocenters. The number of benzene rings is 2. The van der Waals surface area contributed by atoms with E-state index in [1.54, 1.807) is 67.1 Å². The first-order chi connectivity index (χ1) is 17.5. The Kier molecular flexibility index (Phi) is 8.56. The number of rotatable bonds is 6. The first kappa shape index (κ1) is 27.7. The summed E-state index contributed by atoms with van der Waals surface area (Å²) >= 11 is 5.97. The van der Waals surface area contributed by atoms with Crippen molar-refractivity contribution in [2.45, 2.75) is 6.92 Å². The third-order valence-electron chi connectivity index (χ3n) is 5.45. The minimum absolute atomic E-state index is 0.157. The van der Waals surface area contributed by atoms with E-state index >= 15 is 0 Å². The molecule has 4 rings (SSSR count). The molecule has 0 aliphatic carbocycles. The summed E-state index contributed by atoms with van der Waals surface area (Å²) in [6.45, 7) is 1.77. The van der Waals surface area contributed by atoms with E-state index in [4.69, 9.17) is 16.0 Å². The number of pyridine rings is 1. The molecule has 192 valence electrons. The SMILES string of the molecule is COS(=O)(=O)[O-].Cc1c(C(=O)c2ccc(Cl)cc2)c(-c2ccco2)c([N+](=O)[O-])c(-c2ccccc2)[n+]1C. The number of carbonyl (C=O) groups excluding carboxylic acids is 1. The number of hydrogen-bond acceptors (Lipinski definition) is 8. The van der Waals surface area contributed by atoms with Crippen LogP contribution in [0.2, 0.25) is 5.02 Å². The fraction of sp³-hybridized carbons (Fsp3) is 0.120. The maximum Gasteiger partial charge on any atom is 0.352 e. The van der Waals surface area contributed by atoms with Crippen molar-refractivity contribution in [3.63, 3.8) is 0 Å². The molecule has 0 saturated heterocycles. The molecule has 4 aromatic rings. The van der Waals surface area contributed by atoms with Crippen LogP contribution < -0.4 is 4.57 Å². The molecule has 0 fully saturated rings. The van der Waals surface area contributed by atoms with Crippen LogP contribution in [0.4, 0.5) is 5.69 Å². The molecule has 2 heterocycles. The number of furan rings is 1. The van der Waals surface area contributed by atoms with Crippen LogP contribution in [0.1, 0.15) is 21.6 Å². The van der Waals surface area contributed by atoms with Crippen molar-refractivity contribution in [2.24, 2.45) is 7.05 Å². The van der Waals surface area contributed by atoms with Crippen LogP contribution in [0.3, 0.4) is 0 Å². The van der Waals surface area contributed by atoms with Gasteiger partial charge in [-0.3, -0.25) is 19.1 Å². The third-order valence-corrected chi connectivity index (χ3v) is 6.11. The summed E-state index contributed by atoms with van der Waals surface area (Å²) in [6, 6.07) is 18.8. The summed E-state index contributed by atoms with van der Waals surface area (Å²) in [5.41, 5.74) is 2.19. The monoisotopic (exact) mass is 544 g/mol. The number of aromatic nitrogens is 1. The van der Waals surface area contributed by atoms with Crippen molar-refractivity contribution in [2.75, 3.05) is 7.11 Å². The van der Waals surface area contributed by atoms with E-state index < -0.39 is 15.3 Å². The maximum atomic E-state index is 13.5. The van der Waals surface area contributed by atoms with Gasteiger partial charge in [0.2, 0.25) is 10.4 Å². The second-order valence-corrected chi connectivity index (χ2v) is 9.19. The van der Waals surface area contributed by atoms with Gasteiger partial charge in [0.15, 0.2) is 11.5 Å². The molecule has 0 atom stereocenters. The minimum atomic E-state index is -4.41. The van der Waals surface area contributed by atoms with Crippen molar-refractivity contribution in [3.05, 3.63) is 105 Å². The second-order valence-electron chi connectivity index (χ2n) is 7.60. The van der Waals surface area contributed by atoms with Crippen LogP contribution in [0.15, 0.2) is 77.4 Å². The minimum Gasteiger partial charge on any atom is -0.726 e. The van der Waals surface area contributed by atoms with Crippen LogP contribution >= 0.6 is 11.6 Å². The largest absolute Gasteiger partial charge is 0.726 e. The van der Waals surface area contributed by atoms with Crippen molar-refractivity contribution >= 4 is 33.5 Å². The molecule has 0 amide bonds. The number of nitrogens with zero attached hydrogens (tertiary/aromatic N) is 2. The number of halogens is 1. The Morgan fingerprint density at radius 1 is 1.05 bits per heavy atom. The molecule has 0 spiro atoms. The molecule has 2 aromatic carbocycles. The van der Waals surface area contributed by atoms with E-state index in [1.165, 1.54) is 6.26 Å². The number of carbonyl (C=O) groups is 1. The van der Waals surface area contributed by atoms with Gasteiger partial charge in [-0.25, -0.2) is 8.42 Å². The summed E-state index contributed by atoms with van der Waals surface area (Å²) in [5, 5.41) is 12.8. The molecule has 0 saturated carbocycles. The molecule has 0 N–H and O–H groups in total. The summed E-state index contributed by atoms with van der Waals surface area (Å²) in [7, 11) is -1.89. The highest BCUT2D eigenvalue weighted by Crippen LogP contribution is 2.41. The van der Waals surface area contributed by atoms with Gasteiger partial charge in [-0.05, 0) is 48.5 Å². The van der Waals surface area contributed by atoms with Crippen LogP contribution in [0.5, 0.6) is 0 Å². The van der Waals surface area contributed by atoms with E-state index in [0.717, 1.165) is 7.11 Å². The Morgan fingerprint density at radius 3 is 2.14 bits per heavy atom. The average molecular weight is 545 g/mol. The Balaban J connectivity index is 0.000000568. The lowest BCUT2D eigenvalue weighted by Gasteiger charge is -2.13. The lowest BCUT2D eigenvalue weighted by molar-refractivity contribution is -0.669. The van der Waals surface area contributed by atoms with E-state index in [0.29, 0.717) is 27.5 Å². The first-order valence-electron chi connectivity index (χ1n) is 10.6. The van der Waals surface area contributed by atoms with Crippen molar-refractivity contribution in [1.82, 2.24) is 0 Å². The summed E-state index contributed by atoms with van der Waals surface area (Å²) in [4.78, 5) is 25.4. The lowest BCUT2D eigenvalue weighted by Crippen LogP contribution is -2.38. The molecule has 0 aliphatic heterocycles. The van der Waals surface area contributed by atoms with E-state index in [9.17, 15) is 27.9 Å². The van der Waals surface area contributed by atoms with Gasteiger partial charge in [-0.1, -0.05) is 29.8 Å².